The number of hydrogen-bond acceptors (Lipinski definition) is 4. The minimum atomic E-state index is -0.970. The molecule has 1 fully saturated rings. The highest BCUT2D eigenvalue weighted by Crippen LogP contribution is 2.20. The second kappa shape index (κ2) is 9.54. The van der Waals surface area contributed by atoms with E-state index >= 15 is 0 Å². The number of morpholine rings is 1. The molecule has 3 N–H and O–H groups in total. The van der Waals surface area contributed by atoms with Crippen molar-refractivity contribution in [3.05, 3.63) is 65.2 Å². The molecule has 0 spiro atoms. The zero-order valence-corrected chi connectivity index (χ0v) is 16.7. The lowest BCUT2D eigenvalue weighted by molar-refractivity contribution is -0.0704. The number of nitrogens with zero attached hydrogens (tertiary/aromatic N) is 1. The van der Waals surface area contributed by atoms with Gasteiger partial charge in [-0.2, -0.15) is 0 Å². The van der Waals surface area contributed by atoms with Crippen LogP contribution < -0.4 is 10.6 Å². The molecule has 1 heterocycles. The van der Waals surface area contributed by atoms with Crippen molar-refractivity contribution < 1.29 is 19.4 Å². The first-order valence-electron chi connectivity index (χ1n) is 9.73. The number of nitrogens with one attached hydrogen (secondary N) is 2. The Hall–Kier alpha value is -2.90. The number of aromatic carboxylic acids is 1. The van der Waals surface area contributed by atoms with Crippen molar-refractivity contribution >= 4 is 17.7 Å². The Morgan fingerprint density at radius 2 is 1.72 bits per heavy atom. The molecule has 7 nitrogen and oxygen atoms in total. The van der Waals surface area contributed by atoms with Crippen LogP contribution in [0.2, 0.25) is 0 Å². The van der Waals surface area contributed by atoms with E-state index in [4.69, 9.17) is 9.84 Å². The highest BCUT2D eigenvalue weighted by atomic mass is 16.5. The number of benzene rings is 2. The minimum Gasteiger partial charge on any atom is -0.478 e. The standard InChI is InChI=1S/C22H27N3O4/c1-15-12-25(13-16(2)29-15)14-19-5-3-4-6-20(19)24-22(28)23-11-17-7-9-18(10-8-17)21(26)27/h3-10,15-16H,11-14H2,1-2H3,(H,26,27)(H2,23,24,28). The summed E-state index contributed by atoms with van der Waals surface area (Å²) >= 11 is 0. The van der Waals surface area contributed by atoms with E-state index in [9.17, 15) is 9.59 Å². The molecule has 0 radical (unpaired) electrons. The second-order valence-electron chi connectivity index (χ2n) is 7.42. The van der Waals surface area contributed by atoms with Gasteiger partial charge in [0, 0.05) is 31.9 Å². The molecule has 2 atom stereocenters. The number of carboxylic acid groups (broad SMARTS) is 1. The molecular formula is C22H27N3O4. The van der Waals surface area contributed by atoms with Gasteiger partial charge in [-0.1, -0.05) is 30.3 Å². The van der Waals surface area contributed by atoms with Crippen LogP contribution in [0.3, 0.4) is 0 Å². The predicted octanol–water partition coefficient (Wildman–Crippen LogP) is 3.32. The van der Waals surface area contributed by atoms with Gasteiger partial charge in [-0.3, -0.25) is 4.90 Å². The second-order valence-corrected chi connectivity index (χ2v) is 7.42. The fourth-order valence-corrected chi connectivity index (χ4v) is 3.55. The Labute approximate surface area is 170 Å². The van der Waals surface area contributed by atoms with Crippen molar-refractivity contribution in [2.45, 2.75) is 39.1 Å². The van der Waals surface area contributed by atoms with Crippen LogP contribution in [0.1, 0.15) is 35.3 Å². The molecule has 2 aromatic carbocycles. The molecule has 0 aromatic heterocycles. The summed E-state index contributed by atoms with van der Waals surface area (Å²) < 4.78 is 5.79. The van der Waals surface area contributed by atoms with E-state index < -0.39 is 5.97 Å². The Morgan fingerprint density at radius 3 is 2.38 bits per heavy atom. The maximum Gasteiger partial charge on any atom is 0.335 e. The number of ether oxygens (including phenoxy) is 1. The molecule has 29 heavy (non-hydrogen) atoms. The highest BCUT2D eigenvalue weighted by molar-refractivity contribution is 5.90. The van der Waals surface area contributed by atoms with Crippen molar-refractivity contribution in [2.24, 2.45) is 0 Å². The molecule has 1 aliphatic heterocycles. The molecule has 0 saturated carbocycles. The highest BCUT2D eigenvalue weighted by Gasteiger charge is 2.22. The number of hydrogen-bond donors (Lipinski definition) is 3. The van der Waals surface area contributed by atoms with Gasteiger partial charge in [0.05, 0.1) is 17.8 Å². The van der Waals surface area contributed by atoms with Gasteiger partial charge in [0.2, 0.25) is 0 Å². The number of rotatable bonds is 6. The largest absolute Gasteiger partial charge is 0.478 e. The Bertz CT molecular complexity index is 843. The summed E-state index contributed by atoms with van der Waals surface area (Å²) in [6, 6.07) is 13.9. The summed E-state index contributed by atoms with van der Waals surface area (Å²) in [5.74, 6) is -0.970. The fraction of sp³-hybridized carbons (Fsp3) is 0.364. The van der Waals surface area contributed by atoms with Gasteiger partial charge in [-0.05, 0) is 43.2 Å². The van der Waals surface area contributed by atoms with Crippen LogP contribution in [-0.2, 0) is 17.8 Å². The summed E-state index contributed by atoms with van der Waals surface area (Å²) in [4.78, 5) is 25.6. The van der Waals surface area contributed by atoms with Crippen LogP contribution in [0.4, 0.5) is 10.5 Å². The minimum absolute atomic E-state index is 0.190. The maximum absolute atomic E-state index is 12.4. The molecule has 7 heteroatoms. The van der Waals surface area contributed by atoms with Gasteiger partial charge in [0.15, 0.2) is 0 Å². The molecule has 0 bridgehead atoms. The van der Waals surface area contributed by atoms with Gasteiger partial charge >= 0.3 is 12.0 Å². The number of para-hydroxylation sites is 1. The van der Waals surface area contributed by atoms with E-state index in [2.05, 4.69) is 29.4 Å². The normalized spacial score (nSPS) is 19.5. The SMILES string of the molecule is CC1CN(Cc2ccccc2NC(=O)NCc2ccc(C(=O)O)cc2)CC(C)O1. The quantitative estimate of drug-likeness (QED) is 0.696. The summed E-state index contributed by atoms with van der Waals surface area (Å²) in [6.07, 6.45) is 0.379. The van der Waals surface area contributed by atoms with Crippen LogP contribution in [0.5, 0.6) is 0 Å². The number of carboxylic acids is 1. The molecule has 0 aliphatic carbocycles. The first kappa shape index (κ1) is 20.8. The number of carbonyl (C=O) groups excluding carboxylic acids is 1. The zero-order chi connectivity index (χ0) is 20.8. The monoisotopic (exact) mass is 397 g/mol. The van der Waals surface area contributed by atoms with Gasteiger partial charge in [-0.25, -0.2) is 9.59 Å². The van der Waals surface area contributed by atoms with Crippen LogP contribution in [0.25, 0.3) is 0 Å². The lowest BCUT2D eigenvalue weighted by Gasteiger charge is -2.35. The Morgan fingerprint density at radius 1 is 1.07 bits per heavy atom. The molecular weight excluding hydrogens is 370 g/mol. The first-order valence-corrected chi connectivity index (χ1v) is 9.73. The van der Waals surface area contributed by atoms with Crippen LogP contribution in [0, 0.1) is 0 Å². The van der Waals surface area contributed by atoms with E-state index in [0.29, 0.717) is 6.54 Å². The zero-order valence-electron chi connectivity index (χ0n) is 16.7. The van der Waals surface area contributed by atoms with E-state index in [1.54, 1.807) is 12.1 Å². The summed E-state index contributed by atoms with van der Waals surface area (Å²) in [5.41, 5.74) is 2.88. The van der Waals surface area contributed by atoms with Gasteiger partial charge in [0.1, 0.15) is 0 Å². The van der Waals surface area contributed by atoms with Crippen molar-refractivity contribution in [1.29, 1.82) is 0 Å². The summed E-state index contributed by atoms with van der Waals surface area (Å²) in [7, 11) is 0. The molecule has 2 amide bonds. The third-order valence-corrected chi connectivity index (χ3v) is 4.81. The topological polar surface area (TPSA) is 90.9 Å². The average molecular weight is 397 g/mol. The average Bonchev–Trinajstić information content (AvgIpc) is 2.67. The van der Waals surface area contributed by atoms with Crippen LogP contribution in [0.15, 0.2) is 48.5 Å². The van der Waals surface area contributed by atoms with E-state index in [1.165, 1.54) is 12.1 Å². The van der Waals surface area contributed by atoms with Gasteiger partial charge < -0.3 is 20.5 Å². The molecule has 1 aliphatic rings. The third kappa shape index (κ3) is 6.04. The number of urea groups is 1. The van der Waals surface area contributed by atoms with Crippen molar-refractivity contribution in [3.63, 3.8) is 0 Å². The van der Waals surface area contributed by atoms with Gasteiger partial charge in [-0.15, -0.1) is 0 Å². The lowest BCUT2D eigenvalue weighted by atomic mass is 10.1. The third-order valence-electron chi connectivity index (χ3n) is 4.81. The van der Waals surface area contributed by atoms with E-state index in [1.807, 2.05) is 24.3 Å². The summed E-state index contributed by atoms with van der Waals surface area (Å²) in [5, 5.41) is 14.7. The van der Waals surface area contributed by atoms with E-state index in [-0.39, 0.29) is 23.8 Å². The lowest BCUT2D eigenvalue weighted by Crippen LogP contribution is -2.44. The molecule has 3 rings (SSSR count). The molecule has 1 saturated heterocycles. The Balaban J connectivity index is 1.57. The van der Waals surface area contributed by atoms with Crippen molar-refractivity contribution in [2.75, 3.05) is 18.4 Å². The number of amides is 2. The summed E-state index contributed by atoms with van der Waals surface area (Å²) in [6.45, 7) is 6.92. The predicted molar refractivity (Wildman–Crippen MR) is 111 cm³/mol. The first-order chi connectivity index (χ1) is 13.9. The van der Waals surface area contributed by atoms with Crippen LogP contribution in [-0.4, -0.2) is 47.3 Å². The van der Waals surface area contributed by atoms with Gasteiger partial charge in [0.25, 0.3) is 0 Å². The fourth-order valence-electron chi connectivity index (χ4n) is 3.55. The molecule has 154 valence electrons. The van der Waals surface area contributed by atoms with Crippen molar-refractivity contribution in [3.8, 4) is 0 Å². The Kier molecular flexibility index (Phi) is 6.85. The van der Waals surface area contributed by atoms with Crippen LogP contribution >= 0.6 is 0 Å². The van der Waals surface area contributed by atoms with Crippen molar-refractivity contribution in [1.82, 2.24) is 10.2 Å². The number of carbonyl (C=O) groups is 2. The maximum atomic E-state index is 12.4. The molecule has 2 unspecified atom stereocenters. The molecule has 2 aromatic rings. The van der Waals surface area contributed by atoms with E-state index in [0.717, 1.165) is 36.4 Å². The number of anilines is 1. The smallest absolute Gasteiger partial charge is 0.335 e.